The van der Waals surface area contributed by atoms with E-state index < -0.39 is 24.2 Å². The highest BCUT2D eigenvalue weighted by Crippen LogP contribution is 2.49. The van der Waals surface area contributed by atoms with Crippen LogP contribution in [-0.4, -0.2) is 52.3 Å². The van der Waals surface area contributed by atoms with Crippen LogP contribution in [0.25, 0.3) is 28.0 Å². The molecule has 2 aliphatic heterocycles. The van der Waals surface area contributed by atoms with Crippen molar-refractivity contribution in [2.75, 3.05) is 10.2 Å². The van der Waals surface area contributed by atoms with Gasteiger partial charge in [0.15, 0.2) is 6.29 Å². The molecule has 5 aromatic rings. The zero-order valence-electron chi connectivity index (χ0n) is 18.1. The van der Waals surface area contributed by atoms with Crippen molar-refractivity contribution < 1.29 is 29.7 Å². The first kappa shape index (κ1) is 20.0. The maximum absolute atomic E-state index is 11.7. The van der Waals surface area contributed by atoms with Crippen molar-refractivity contribution in [1.29, 1.82) is 0 Å². The average Bonchev–Trinajstić information content (AvgIpc) is 3.52. The zero-order valence-corrected chi connectivity index (χ0v) is 18.1. The lowest BCUT2D eigenvalue weighted by molar-refractivity contribution is 0.0686. The van der Waals surface area contributed by atoms with Crippen molar-refractivity contribution in [1.82, 2.24) is 19.1 Å². The molecule has 0 spiro atoms. The normalized spacial score (nSPS) is 15.2. The molecule has 3 aromatic carbocycles. The fraction of sp³-hybridized carbons (Fsp3) is 0.0417. The third-order valence-corrected chi connectivity index (χ3v) is 6.49. The molecule has 4 N–H and O–H groups in total. The summed E-state index contributed by atoms with van der Waals surface area (Å²) >= 11 is 0. The number of hydrogen-bond donors (Lipinski definition) is 4. The van der Waals surface area contributed by atoms with Crippen LogP contribution in [0, 0.1) is 0 Å². The van der Waals surface area contributed by atoms with E-state index in [0.717, 1.165) is 0 Å². The quantitative estimate of drug-likeness (QED) is 0.299. The van der Waals surface area contributed by atoms with E-state index in [-0.39, 0.29) is 16.7 Å². The van der Waals surface area contributed by atoms with E-state index >= 15 is 0 Å². The molecular formula is C24H14N6O6. The molecule has 176 valence electrons. The van der Waals surface area contributed by atoms with Gasteiger partial charge in [-0.25, -0.2) is 28.9 Å². The van der Waals surface area contributed by atoms with Gasteiger partial charge in [0, 0.05) is 0 Å². The van der Waals surface area contributed by atoms with E-state index in [1.54, 1.807) is 27.3 Å². The van der Waals surface area contributed by atoms with Crippen LogP contribution in [0.5, 0.6) is 0 Å². The Labute approximate surface area is 200 Å². The molecule has 12 heteroatoms. The van der Waals surface area contributed by atoms with Gasteiger partial charge in [0.05, 0.1) is 50.1 Å². The molecule has 4 heterocycles. The lowest BCUT2D eigenvalue weighted by atomic mass is 10.2. The van der Waals surface area contributed by atoms with Crippen molar-refractivity contribution in [3.8, 4) is 5.95 Å². The van der Waals surface area contributed by atoms with E-state index in [0.29, 0.717) is 45.3 Å². The number of anilines is 3. The van der Waals surface area contributed by atoms with E-state index in [1.807, 2.05) is 4.90 Å². The number of imidazole rings is 2. The first-order valence-electron chi connectivity index (χ1n) is 10.8. The number of hydrogen-bond acceptors (Lipinski definition) is 7. The van der Waals surface area contributed by atoms with Gasteiger partial charge in [-0.05, 0) is 54.6 Å². The summed E-state index contributed by atoms with van der Waals surface area (Å²) < 4.78 is 3.52. The minimum atomic E-state index is -1.09. The fourth-order valence-electron chi connectivity index (χ4n) is 4.89. The minimum Gasteiger partial charge on any atom is -0.478 e. The summed E-state index contributed by atoms with van der Waals surface area (Å²) in [6.07, 6.45) is -0.628. The lowest BCUT2D eigenvalue weighted by Crippen LogP contribution is -2.36. The highest BCUT2D eigenvalue weighted by molar-refractivity contribution is 5.98. The average molecular weight is 482 g/mol. The predicted molar refractivity (Wildman–Crippen MR) is 126 cm³/mol. The van der Waals surface area contributed by atoms with Crippen molar-refractivity contribution in [3.63, 3.8) is 0 Å². The van der Waals surface area contributed by atoms with Crippen molar-refractivity contribution in [3.05, 3.63) is 71.3 Å². The molecule has 2 aliphatic rings. The number of aromatic carboxylic acids is 3. The third-order valence-electron chi connectivity index (χ3n) is 6.49. The molecule has 0 saturated heterocycles. The maximum Gasteiger partial charge on any atom is 0.335 e. The molecule has 0 fully saturated rings. The third kappa shape index (κ3) is 2.49. The second-order valence-electron chi connectivity index (χ2n) is 8.47. The Balaban J connectivity index is 1.58. The Hall–Kier alpha value is -5.39. The summed E-state index contributed by atoms with van der Waals surface area (Å²) in [5.41, 5.74) is 3.57. The van der Waals surface area contributed by atoms with Crippen molar-refractivity contribution in [2.24, 2.45) is 0 Å². The van der Waals surface area contributed by atoms with Crippen LogP contribution >= 0.6 is 0 Å². The van der Waals surface area contributed by atoms with Gasteiger partial charge in [0.25, 0.3) is 0 Å². The summed E-state index contributed by atoms with van der Waals surface area (Å²) in [5, 5.41) is 31.9. The van der Waals surface area contributed by atoms with Gasteiger partial charge in [-0.3, -0.25) is 9.47 Å². The number of fused-ring (bicyclic) bond motifs is 12. The fourth-order valence-corrected chi connectivity index (χ4v) is 4.89. The Bertz CT molecular complexity index is 1840. The number of nitrogens with zero attached hydrogens (tertiary/aromatic N) is 5. The Morgan fingerprint density at radius 1 is 0.722 bits per heavy atom. The lowest BCUT2D eigenvalue weighted by Gasteiger charge is -2.33. The molecular weight excluding hydrogens is 468 g/mol. The second-order valence-corrected chi connectivity index (χ2v) is 8.47. The molecule has 1 atom stereocenters. The van der Waals surface area contributed by atoms with E-state index in [1.165, 1.54) is 36.4 Å². The smallest absolute Gasteiger partial charge is 0.335 e. The zero-order chi connectivity index (χ0) is 24.9. The van der Waals surface area contributed by atoms with Gasteiger partial charge in [0.2, 0.25) is 11.9 Å². The second kappa shape index (κ2) is 6.60. The number of benzene rings is 3. The van der Waals surface area contributed by atoms with Crippen LogP contribution in [0.1, 0.15) is 37.4 Å². The van der Waals surface area contributed by atoms with Gasteiger partial charge < -0.3 is 20.6 Å². The van der Waals surface area contributed by atoms with Crippen molar-refractivity contribution >= 4 is 57.3 Å². The van der Waals surface area contributed by atoms with Crippen LogP contribution in [-0.2, 0) is 0 Å². The van der Waals surface area contributed by atoms with Gasteiger partial charge in [-0.1, -0.05) is 0 Å². The number of rotatable bonds is 3. The molecule has 0 aliphatic carbocycles. The van der Waals surface area contributed by atoms with Gasteiger partial charge in [-0.2, -0.15) is 0 Å². The molecule has 2 aromatic heterocycles. The Morgan fingerprint density at radius 2 is 1.28 bits per heavy atom. The maximum atomic E-state index is 11.7. The molecule has 0 saturated carbocycles. The van der Waals surface area contributed by atoms with Gasteiger partial charge >= 0.3 is 17.9 Å². The largest absolute Gasteiger partial charge is 0.478 e. The predicted octanol–water partition coefficient (Wildman–Crippen LogP) is 3.50. The van der Waals surface area contributed by atoms with Crippen LogP contribution in [0.2, 0.25) is 0 Å². The number of aromatic nitrogens is 4. The molecule has 0 amide bonds. The first-order valence-corrected chi connectivity index (χ1v) is 10.8. The SMILES string of the molecule is O=C(O)c1ccc2c(c1)NC1N2c2nc3ccc(C(=O)O)cc3n2-c2nc3ccc(C(=O)O)cc3n21. The first-order chi connectivity index (χ1) is 17.3. The summed E-state index contributed by atoms with van der Waals surface area (Å²) in [5.74, 6) is -2.39. The van der Waals surface area contributed by atoms with Crippen LogP contribution < -0.4 is 10.2 Å². The number of carbonyl (C=O) groups is 3. The van der Waals surface area contributed by atoms with E-state index in [4.69, 9.17) is 9.97 Å². The number of carboxylic acid groups (broad SMARTS) is 3. The highest BCUT2D eigenvalue weighted by atomic mass is 16.4. The highest BCUT2D eigenvalue weighted by Gasteiger charge is 2.42. The van der Waals surface area contributed by atoms with Crippen molar-refractivity contribution in [2.45, 2.75) is 6.29 Å². The van der Waals surface area contributed by atoms with Crippen LogP contribution in [0.15, 0.2) is 54.6 Å². The molecule has 0 radical (unpaired) electrons. The monoisotopic (exact) mass is 482 g/mol. The summed E-state index contributed by atoms with van der Waals surface area (Å²) in [7, 11) is 0. The molecule has 0 bridgehead atoms. The van der Waals surface area contributed by atoms with E-state index in [9.17, 15) is 29.7 Å². The molecule has 7 rings (SSSR count). The summed E-state index contributed by atoms with van der Waals surface area (Å²) in [6.45, 7) is 0. The van der Waals surface area contributed by atoms with Crippen LogP contribution in [0.4, 0.5) is 17.3 Å². The molecule has 1 unspecified atom stereocenters. The summed E-state index contributed by atoms with van der Waals surface area (Å²) in [4.78, 5) is 46.3. The topological polar surface area (TPSA) is 163 Å². The van der Waals surface area contributed by atoms with Gasteiger partial charge in [0.1, 0.15) is 0 Å². The Morgan fingerprint density at radius 3 is 1.94 bits per heavy atom. The Kier molecular flexibility index (Phi) is 3.67. The minimum absolute atomic E-state index is 0.0780. The molecule has 12 nitrogen and oxygen atoms in total. The summed E-state index contributed by atoms with van der Waals surface area (Å²) in [6, 6.07) is 13.9. The van der Waals surface area contributed by atoms with Gasteiger partial charge in [-0.15, -0.1) is 0 Å². The number of carboxylic acids is 3. The number of nitrogens with one attached hydrogen (secondary N) is 1. The standard InChI is InChI=1S/C24H14N6O6/c31-19(32)10-3-6-16-15(7-10)27-24-28(16)22-25-13-4-1-11(20(33)34)8-17(13)29(22)23-26-14-5-2-12(21(35)36)9-18(14)30(23)24/h1-9,24,27H,(H,31,32)(H,33,34)(H,35,36). The van der Waals surface area contributed by atoms with Crippen LogP contribution in [0.3, 0.4) is 0 Å². The molecule has 36 heavy (non-hydrogen) atoms. The van der Waals surface area contributed by atoms with E-state index in [2.05, 4.69) is 5.32 Å².